The van der Waals surface area contributed by atoms with Gasteiger partial charge in [0.1, 0.15) is 23.9 Å². The fraction of sp³-hybridized carbons (Fsp3) is 0.250. The Morgan fingerprint density at radius 2 is 2.00 bits per heavy atom. The van der Waals surface area contributed by atoms with Crippen molar-refractivity contribution in [2.24, 2.45) is 0 Å². The minimum Gasteiger partial charge on any atom is -0.497 e. The number of carbonyl (C=O) groups is 1. The Labute approximate surface area is 145 Å². The van der Waals surface area contributed by atoms with Crippen LogP contribution in [0.1, 0.15) is 28.7 Å². The minimum atomic E-state index is -0.145. The fourth-order valence-corrected chi connectivity index (χ4v) is 3.46. The van der Waals surface area contributed by atoms with Crippen LogP contribution >= 0.6 is 0 Å². The highest BCUT2D eigenvalue weighted by Gasteiger charge is 2.42. The molecule has 0 saturated heterocycles. The lowest BCUT2D eigenvalue weighted by atomic mass is 9.88. The van der Waals surface area contributed by atoms with Gasteiger partial charge in [0.2, 0.25) is 0 Å². The standard InChI is InChI=1S/C20H18O5/c1-22-13-5-6-17-15(10-13)19-16(11-24-17)14-8-12(4-3-7-21)9-18(23-2)20(14)25-19/h3-10,16,19H,11H2,1-2H3/b4-3+/t16-,19-/m0/s1. The summed E-state index contributed by atoms with van der Waals surface area (Å²) in [7, 11) is 3.25. The van der Waals surface area contributed by atoms with Gasteiger partial charge >= 0.3 is 0 Å². The van der Waals surface area contributed by atoms with Gasteiger partial charge < -0.3 is 18.9 Å². The molecule has 0 N–H and O–H groups in total. The molecule has 2 heterocycles. The van der Waals surface area contributed by atoms with Crippen molar-refractivity contribution in [2.75, 3.05) is 20.8 Å². The number of hydrogen-bond donors (Lipinski definition) is 0. The predicted octanol–water partition coefficient (Wildman–Crippen LogP) is 3.53. The number of aldehydes is 1. The topological polar surface area (TPSA) is 54.0 Å². The van der Waals surface area contributed by atoms with Gasteiger partial charge in [-0.15, -0.1) is 0 Å². The zero-order valence-electron chi connectivity index (χ0n) is 14.0. The first kappa shape index (κ1) is 15.6. The molecule has 0 fully saturated rings. The first-order chi connectivity index (χ1) is 12.2. The summed E-state index contributed by atoms with van der Waals surface area (Å²) in [4.78, 5) is 10.6. The van der Waals surface area contributed by atoms with E-state index in [2.05, 4.69) is 0 Å². The molecule has 0 aliphatic carbocycles. The molecule has 0 unspecified atom stereocenters. The van der Waals surface area contributed by atoms with Crippen LogP contribution in [0.3, 0.4) is 0 Å². The molecule has 2 aromatic carbocycles. The number of fused-ring (bicyclic) bond motifs is 5. The first-order valence-corrected chi connectivity index (χ1v) is 8.06. The Morgan fingerprint density at radius 1 is 1.12 bits per heavy atom. The van der Waals surface area contributed by atoms with Crippen molar-refractivity contribution in [3.05, 3.63) is 53.1 Å². The van der Waals surface area contributed by atoms with Crippen LogP contribution in [0.25, 0.3) is 6.08 Å². The second-order valence-electron chi connectivity index (χ2n) is 6.00. The van der Waals surface area contributed by atoms with E-state index in [1.807, 2.05) is 30.3 Å². The van der Waals surface area contributed by atoms with Crippen molar-refractivity contribution in [2.45, 2.75) is 12.0 Å². The molecule has 2 aliphatic heterocycles. The van der Waals surface area contributed by atoms with Gasteiger partial charge in [0.15, 0.2) is 11.5 Å². The van der Waals surface area contributed by atoms with Crippen molar-refractivity contribution in [3.63, 3.8) is 0 Å². The zero-order valence-corrected chi connectivity index (χ0v) is 14.0. The number of benzene rings is 2. The molecule has 128 valence electrons. The lowest BCUT2D eigenvalue weighted by Gasteiger charge is -2.28. The molecule has 0 radical (unpaired) electrons. The number of rotatable bonds is 4. The summed E-state index contributed by atoms with van der Waals surface area (Å²) in [5, 5.41) is 0. The first-order valence-electron chi connectivity index (χ1n) is 8.06. The smallest absolute Gasteiger partial charge is 0.165 e. The molecule has 5 nitrogen and oxygen atoms in total. The number of hydrogen-bond acceptors (Lipinski definition) is 5. The van der Waals surface area contributed by atoms with Gasteiger partial charge in [-0.3, -0.25) is 4.79 Å². The van der Waals surface area contributed by atoms with Crippen LogP contribution in [0, 0.1) is 0 Å². The van der Waals surface area contributed by atoms with E-state index in [4.69, 9.17) is 18.9 Å². The summed E-state index contributed by atoms with van der Waals surface area (Å²) in [6.07, 6.45) is 3.83. The Balaban J connectivity index is 1.79. The van der Waals surface area contributed by atoms with E-state index in [1.54, 1.807) is 20.3 Å². The van der Waals surface area contributed by atoms with Gasteiger partial charge in [0, 0.05) is 11.1 Å². The SMILES string of the molecule is COc1ccc2c(c1)[C@@H]1Oc3c(OC)cc(/C=C/C=O)cc3[C@@H]1CO2. The van der Waals surface area contributed by atoms with E-state index in [1.165, 1.54) is 6.08 Å². The van der Waals surface area contributed by atoms with Gasteiger partial charge in [0.25, 0.3) is 0 Å². The van der Waals surface area contributed by atoms with Crippen LogP contribution in [-0.2, 0) is 4.79 Å². The normalized spacial score (nSPS) is 20.1. The molecule has 25 heavy (non-hydrogen) atoms. The van der Waals surface area contributed by atoms with Gasteiger partial charge in [-0.2, -0.15) is 0 Å². The highest BCUT2D eigenvalue weighted by molar-refractivity contribution is 5.75. The van der Waals surface area contributed by atoms with Gasteiger partial charge in [0.05, 0.1) is 26.7 Å². The van der Waals surface area contributed by atoms with Crippen molar-refractivity contribution in [1.82, 2.24) is 0 Å². The predicted molar refractivity (Wildman–Crippen MR) is 92.7 cm³/mol. The second-order valence-corrected chi connectivity index (χ2v) is 6.00. The average Bonchev–Trinajstić information content (AvgIpc) is 3.04. The second kappa shape index (κ2) is 6.16. The Hall–Kier alpha value is -2.95. The third-order valence-electron chi connectivity index (χ3n) is 4.64. The molecular weight excluding hydrogens is 320 g/mol. The van der Waals surface area contributed by atoms with E-state index in [-0.39, 0.29) is 12.0 Å². The van der Waals surface area contributed by atoms with Crippen LogP contribution in [0.5, 0.6) is 23.0 Å². The van der Waals surface area contributed by atoms with Crippen molar-refractivity contribution < 1.29 is 23.7 Å². The van der Waals surface area contributed by atoms with Crippen molar-refractivity contribution in [1.29, 1.82) is 0 Å². The molecule has 2 aliphatic rings. The summed E-state index contributed by atoms with van der Waals surface area (Å²) < 4.78 is 23.0. The third kappa shape index (κ3) is 2.52. The monoisotopic (exact) mass is 338 g/mol. The maximum Gasteiger partial charge on any atom is 0.165 e. The quantitative estimate of drug-likeness (QED) is 0.631. The molecular formula is C20H18O5. The average molecular weight is 338 g/mol. The van der Waals surface area contributed by atoms with Crippen LogP contribution in [0.4, 0.5) is 0 Å². The molecule has 0 saturated carbocycles. The molecule has 2 atom stereocenters. The van der Waals surface area contributed by atoms with E-state index >= 15 is 0 Å². The van der Waals surface area contributed by atoms with E-state index < -0.39 is 0 Å². The van der Waals surface area contributed by atoms with E-state index in [9.17, 15) is 4.79 Å². The number of ether oxygens (including phenoxy) is 4. The summed E-state index contributed by atoms with van der Waals surface area (Å²) in [6.45, 7) is 0.529. The summed E-state index contributed by atoms with van der Waals surface area (Å²) in [5.74, 6) is 3.04. The zero-order chi connectivity index (χ0) is 17.4. The largest absolute Gasteiger partial charge is 0.497 e. The van der Waals surface area contributed by atoms with Crippen LogP contribution in [-0.4, -0.2) is 27.1 Å². The Bertz CT molecular complexity index is 855. The van der Waals surface area contributed by atoms with Crippen LogP contribution in [0.15, 0.2) is 36.4 Å². The van der Waals surface area contributed by atoms with Crippen molar-refractivity contribution in [3.8, 4) is 23.0 Å². The minimum absolute atomic E-state index is 0.0630. The van der Waals surface area contributed by atoms with Crippen LogP contribution in [0.2, 0.25) is 0 Å². The van der Waals surface area contributed by atoms with Gasteiger partial charge in [-0.05, 0) is 42.0 Å². The Morgan fingerprint density at radius 3 is 2.76 bits per heavy atom. The maximum absolute atomic E-state index is 10.6. The summed E-state index contributed by atoms with van der Waals surface area (Å²) in [5.41, 5.74) is 2.89. The maximum atomic E-state index is 10.6. The highest BCUT2D eigenvalue weighted by atomic mass is 16.5. The fourth-order valence-electron chi connectivity index (χ4n) is 3.46. The number of methoxy groups -OCH3 is 2. The lowest BCUT2D eigenvalue weighted by molar-refractivity contribution is -0.104. The molecule has 0 aromatic heterocycles. The number of carbonyl (C=O) groups excluding carboxylic acids is 1. The molecule has 2 aromatic rings. The van der Waals surface area contributed by atoms with E-state index in [0.717, 1.165) is 40.2 Å². The van der Waals surface area contributed by atoms with Crippen LogP contribution < -0.4 is 18.9 Å². The molecule has 0 amide bonds. The van der Waals surface area contributed by atoms with Gasteiger partial charge in [-0.25, -0.2) is 0 Å². The van der Waals surface area contributed by atoms with Gasteiger partial charge in [-0.1, -0.05) is 6.08 Å². The van der Waals surface area contributed by atoms with E-state index in [0.29, 0.717) is 12.4 Å². The highest BCUT2D eigenvalue weighted by Crippen LogP contribution is 2.54. The summed E-state index contributed by atoms with van der Waals surface area (Å²) >= 11 is 0. The Kier molecular flexibility index (Phi) is 3.84. The molecule has 0 bridgehead atoms. The molecule has 5 heteroatoms. The lowest BCUT2D eigenvalue weighted by Crippen LogP contribution is -2.23. The summed E-state index contributed by atoms with van der Waals surface area (Å²) in [6, 6.07) is 9.63. The number of allylic oxidation sites excluding steroid dienone is 1. The van der Waals surface area contributed by atoms with Crippen molar-refractivity contribution >= 4 is 12.4 Å². The third-order valence-corrected chi connectivity index (χ3v) is 4.64. The molecule has 4 rings (SSSR count). The molecule has 0 spiro atoms.